The van der Waals surface area contributed by atoms with E-state index in [2.05, 4.69) is 15.0 Å². The molecule has 0 aliphatic heterocycles. The van der Waals surface area contributed by atoms with Gasteiger partial charge in [0.2, 0.25) is 11.8 Å². The zero-order chi connectivity index (χ0) is 20.2. The summed E-state index contributed by atoms with van der Waals surface area (Å²) >= 11 is 0. The summed E-state index contributed by atoms with van der Waals surface area (Å²) in [6, 6.07) is 19.1. The SMILES string of the molecule is CN(C(=O)Cc1ccccc1)c1ccc(Cc2nc(O)c3ccncc3n2)cc1. The van der Waals surface area contributed by atoms with Crippen LogP contribution >= 0.6 is 0 Å². The van der Waals surface area contributed by atoms with Crippen LogP contribution in [-0.2, 0) is 17.6 Å². The minimum Gasteiger partial charge on any atom is -0.493 e. The molecule has 0 unspecified atom stereocenters. The molecule has 1 N–H and O–H groups in total. The number of fused-ring (bicyclic) bond motifs is 1. The minimum atomic E-state index is -0.0461. The molecule has 1 amide bonds. The highest BCUT2D eigenvalue weighted by Crippen LogP contribution is 2.22. The number of carbonyl (C=O) groups is 1. The lowest BCUT2D eigenvalue weighted by atomic mass is 10.1. The van der Waals surface area contributed by atoms with Gasteiger partial charge in [0.25, 0.3) is 0 Å². The number of nitrogens with zero attached hydrogens (tertiary/aromatic N) is 4. The van der Waals surface area contributed by atoms with Crippen molar-refractivity contribution in [3.63, 3.8) is 0 Å². The molecule has 2 aromatic heterocycles. The Kier molecular flexibility index (Phi) is 5.16. The van der Waals surface area contributed by atoms with Crippen LogP contribution in [0.25, 0.3) is 10.9 Å². The van der Waals surface area contributed by atoms with E-state index >= 15 is 0 Å². The van der Waals surface area contributed by atoms with Crippen LogP contribution in [0.2, 0.25) is 0 Å². The van der Waals surface area contributed by atoms with Crippen molar-refractivity contribution in [2.75, 3.05) is 11.9 Å². The molecule has 2 aromatic carbocycles. The van der Waals surface area contributed by atoms with Gasteiger partial charge in [0.05, 0.1) is 23.5 Å². The third-order valence-corrected chi connectivity index (χ3v) is 4.78. The lowest BCUT2D eigenvalue weighted by Gasteiger charge is -2.18. The van der Waals surface area contributed by atoms with E-state index in [0.717, 1.165) is 16.8 Å². The van der Waals surface area contributed by atoms with Crippen molar-refractivity contribution in [1.29, 1.82) is 0 Å². The highest BCUT2D eigenvalue weighted by atomic mass is 16.3. The maximum Gasteiger partial charge on any atom is 0.231 e. The van der Waals surface area contributed by atoms with Gasteiger partial charge in [-0.1, -0.05) is 42.5 Å². The lowest BCUT2D eigenvalue weighted by molar-refractivity contribution is -0.117. The Bertz CT molecular complexity index is 1140. The van der Waals surface area contributed by atoms with Crippen molar-refractivity contribution in [3.8, 4) is 5.88 Å². The smallest absolute Gasteiger partial charge is 0.231 e. The van der Waals surface area contributed by atoms with E-state index in [4.69, 9.17) is 0 Å². The average molecular weight is 384 g/mol. The van der Waals surface area contributed by atoms with Gasteiger partial charge < -0.3 is 10.0 Å². The Balaban J connectivity index is 1.47. The van der Waals surface area contributed by atoms with Crippen LogP contribution in [0.4, 0.5) is 5.69 Å². The molecule has 2 heterocycles. The first-order valence-corrected chi connectivity index (χ1v) is 9.29. The Morgan fingerprint density at radius 1 is 0.966 bits per heavy atom. The first-order valence-electron chi connectivity index (χ1n) is 9.29. The molecule has 0 radical (unpaired) electrons. The van der Waals surface area contributed by atoms with Crippen molar-refractivity contribution in [2.24, 2.45) is 0 Å². The van der Waals surface area contributed by atoms with E-state index in [0.29, 0.717) is 29.6 Å². The van der Waals surface area contributed by atoms with Gasteiger partial charge in [-0.15, -0.1) is 0 Å². The third kappa shape index (κ3) is 4.21. The second-order valence-corrected chi connectivity index (χ2v) is 6.81. The highest BCUT2D eigenvalue weighted by molar-refractivity contribution is 5.94. The van der Waals surface area contributed by atoms with Crippen LogP contribution < -0.4 is 4.90 Å². The van der Waals surface area contributed by atoms with Crippen LogP contribution in [0, 0.1) is 0 Å². The Morgan fingerprint density at radius 3 is 2.48 bits per heavy atom. The maximum absolute atomic E-state index is 12.5. The number of hydrogen-bond acceptors (Lipinski definition) is 5. The first-order chi connectivity index (χ1) is 14.1. The molecule has 0 bridgehead atoms. The molecule has 4 rings (SSSR count). The quantitative estimate of drug-likeness (QED) is 0.569. The van der Waals surface area contributed by atoms with E-state index < -0.39 is 0 Å². The normalized spacial score (nSPS) is 10.8. The molecule has 0 atom stereocenters. The molecule has 0 saturated carbocycles. The van der Waals surface area contributed by atoms with Gasteiger partial charge in [0, 0.05) is 25.4 Å². The molecule has 0 saturated heterocycles. The molecule has 6 heteroatoms. The molecule has 6 nitrogen and oxygen atoms in total. The molecule has 0 aliphatic rings. The van der Waals surface area contributed by atoms with E-state index in [1.54, 1.807) is 30.4 Å². The fourth-order valence-electron chi connectivity index (χ4n) is 3.14. The number of hydrogen-bond donors (Lipinski definition) is 1. The molecular weight excluding hydrogens is 364 g/mol. The second kappa shape index (κ2) is 8.06. The topological polar surface area (TPSA) is 79.2 Å². The summed E-state index contributed by atoms with van der Waals surface area (Å²) in [5.74, 6) is 0.499. The molecule has 0 aliphatic carbocycles. The third-order valence-electron chi connectivity index (χ3n) is 4.78. The fourth-order valence-corrected chi connectivity index (χ4v) is 3.14. The Labute approximate surface area is 168 Å². The van der Waals surface area contributed by atoms with E-state index in [-0.39, 0.29) is 11.8 Å². The van der Waals surface area contributed by atoms with Crippen molar-refractivity contribution in [3.05, 3.63) is 90.0 Å². The number of carbonyl (C=O) groups excluding carboxylic acids is 1. The van der Waals surface area contributed by atoms with Gasteiger partial charge in [-0.2, -0.15) is 4.98 Å². The summed E-state index contributed by atoms with van der Waals surface area (Å²) in [7, 11) is 1.78. The van der Waals surface area contributed by atoms with Gasteiger partial charge in [-0.3, -0.25) is 9.78 Å². The number of amides is 1. The summed E-state index contributed by atoms with van der Waals surface area (Å²) in [5.41, 5.74) is 3.41. The lowest BCUT2D eigenvalue weighted by Crippen LogP contribution is -2.27. The van der Waals surface area contributed by atoms with Crippen molar-refractivity contribution in [2.45, 2.75) is 12.8 Å². The average Bonchev–Trinajstić information content (AvgIpc) is 2.74. The number of rotatable bonds is 5. The Morgan fingerprint density at radius 2 is 1.72 bits per heavy atom. The van der Waals surface area contributed by atoms with E-state index in [9.17, 15) is 9.90 Å². The van der Waals surface area contributed by atoms with Gasteiger partial charge in [-0.25, -0.2) is 4.98 Å². The maximum atomic E-state index is 12.5. The summed E-state index contributed by atoms with van der Waals surface area (Å²) in [5, 5.41) is 10.7. The highest BCUT2D eigenvalue weighted by Gasteiger charge is 2.12. The first kappa shape index (κ1) is 18.6. The number of likely N-dealkylation sites (N-methyl/N-ethyl adjacent to an activating group) is 1. The number of aromatic hydroxyl groups is 1. The Hall–Kier alpha value is -3.80. The summed E-state index contributed by atoms with van der Waals surface area (Å²) in [4.78, 5) is 26.9. The summed E-state index contributed by atoms with van der Waals surface area (Å²) in [6.45, 7) is 0. The van der Waals surface area contributed by atoms with Crippen molar-refractivity contribution in [1.82, 2.24) is 15.0 Å². The minimum absolute atomic E-state index is 0.0271. The number of aromatic nitrogens is 3. The number of anilines is 1. The van der Waals surface area contributed by atoms with Crippen LogP contribution in [0.15, 0.2) is 73.1 Å². The molecular formula is C23H20N4O2. The standard InChI is InChI=1S/C23H20N4O2/c1-27(22(28)14-16-5-3-2-4-6-16)18-9-7-17(8-10-18)13-21-25-20-15-24-12-11-19(20)23(29)26-21/h2-12,15H,13-14H2,1H3,(H,25,26,29). The predicted octanol–water partition coefficient (Wildman–Crippen LogP) is 3.53. The van der Waals surface area contributed by atoms with Crippen molar-refractivity contribution >= 4 is 22.5 Å². The van der Waals surface area contributed by atoms with Crippen LogP contribution in [0.3, 0.4) is 0 Å². The van der Waals surface area contributed by atoms with E-state index in [1.807, 2.05) is 54.6 Å². The summed E-state index contributed by atoms with van der Waals surface area (Å²) in [6.07, 6.45) is 4.04. The zero-order valence-corrected chi connectivity index (χ0v) is 16.0. The molecule has 4 aromatic rings. The second-order valence-electron chi connectivity index (χ2n) is 6.81. The zero-order valence-electron chi connectivity index (χ0n) is 16.0. The van der Waals surface area contributed by atoms with Crippen LogP contribution in [0.1, 0.15) is 17.0 Å². The molecule has 144 valence electrons. The molecule has 0 fully saturated rings. The van der Waals surface area contributed by atoms with Crippen LogP contribution in [-0.4, -0.2) is 33.0 Å². The fraction of sp³-hybridized carbons (Fsp3) is 0.130. The number of benzene rings is 2. The van der Waals surface area contributed by atoms with Gasteiger partial charge in [-0.05, 0) is 29.3 Å². The van der Waals surface area contributed by atoms with E-state index in [1.165, 1.54) is 0 Å². The van der Waals surface area contributed by atoms with Gasteiger partial charge in [0.15, 0.2) is 0 Å². The van der Waals surface area contributed by atoms with Crippen LogP contribution in [0.5, 0.6) is 5.88 Å². The van der Waals surface area contributed by atoms with Crippen molar-refractivity contribution < 1.29 is 9.90 Å². The monoisotopic (exact) mass is 384 g/mol. The van der Waals surface area contributed by atoms with Gasteiger partial charge >= 0.3 is 0 Å². The largest absolute Gasteiger partial charge is 0.493 e. The molecule has 0 spiro atoms. The number of pyridine rings is 1. The molecule has 29 heavy (non-hydrogen) atoms. The summed E-state index contributed by atoms with van der Waals surface area (Å²) < 4.78 is 0. The predicted molar refractivity (Wildman–Crippen MR) is 112 cm³/mol. The van der Waals surface area contributed by atoms with Gasteiger partial charge in [0.1, 0.15) is 5.82 Å².